The molecule has 0 radical (unpaired) electrons. The van der Waals surface area contributed by atoms with Gasteiger partial charge in [-0.2, -0.15) is 0 Å². The van der Waals surface area contributed by atoms with E-state index in [1.807, 2.05) is 31.2 Å². The average Bonchev–Trinajstić information content (AvgIpc) is 2.55. The Hall–Kier alpha value is -1.20. The van der Waals surface area contributed by atoms with Gasteiger partial charge in [0.2, 0.25) is 0 Å². The average molecular weight is 338 g/mol. The minimum Gasteiger partial charge on any atom is -0.466 e. The molecule has 0 unspecified atom stereocenters. The molecule has 1 saturated carbocycles. The first-order valence-corrected chi connectivity index (χ1v) is 9.47. The van der Waals surface area contributed by atoms with Crippen LogP contribution in [0.5, 0.6) is 0 Å². The fourth-order valence-corrected chi connectivity index (χ4v) is 5.05. The quantitative estimate of drug-likeness (QED) is 0.838. The predicted molar refractivity (Wildman–Crippen MR) is 90.6 cm³/mol. The molecule has 1 aromatic carbocycles. The molecule has 1 aromatic rings. The lowest BCUT2D eigenvalue weighted by atomic mass is 9.76. The van der Waals surface area contributed by atoms with Crippen molar-refractivity contribution >= 4 is 16.8 Å². The number of esters is 1. The number of aliphatic hydroxyl groups is 1. The fraction of sp³-hybridized carbons (Fsp3) is 0.611. The van der Waals surface area contributed by atoms with E-state index in [2.05, 4.69) is 0 Å². The SMILES string of the molecule is CCOC(=O)[C@@H](C)[C@@]1(O)CCCC[C@@H]1[S@@](=O)c1ccc(C)cc1. The summed E-state index contributed by atoms with van der Waals surface area (Å²) in [5.74, 6) is -1.09. The molecule has 5 heteroatoms. The van der Waals surface area contributed by atoms with E-state index in [1.165, 1.54) is 0 Å². The number of hydrogen-bond acceptors (Lipinski definition) is 4. The second-order valence-electron chi connectivity index (χ2n) is 6.31. The van der Waals surface area contributed by atoms with E-state index >= 15 is 0 Å². The molecule has 4 atom stereocenters. The molecule has 0 saturated heterocycles. The second-order valence-corrected chi connectivity index (χ2v) is 7.95. The summed E-state index contributed by atoms with van der Waals surface area (Å²) in [7, 11) is -1.35. The summed E-state index contributed by atoms with van der Waals surface area (Å²) in [6.07, 6.45) is 2.89. The lowest BCUT2D eigenvalue weighted by Gasteiger charge is -2.42. The second kappa shape index (κ2) is 7.58. The Bertz CT molecular complexity index is 569. The van der Waals surface area contributed by atoms with Gasteiger partial charge in [-0.05, 0) is 45.7 Å². The summed E-state index contributed by atoms with van der Waals surface area (Å²) in [6, 6.07) is 7.53. The molecule has 1 N–H and O–H groups in total. The smallest absolute Gasteiger partial charge is 0.311 e. The van der Waals surface area contributed by atoms with Crippen molar-refractivity contribution in [3.63, 3.8) is 0 Å². The molecule has 1 aliphatic rings. The lowest BCUT2D eigenvalue weighted by Crippen LogP contribution is -2.54. The summed E-state index contributed by atoms with van der Waals surface area (Å²) in [6.45, 7) is 5.69. The van der Waals surface area contributed by atoms with Gasteiger partial charge in [0, 0.05) is 4.90 Å². The number of hydrogen-bond donors (Lipinski definition) is 1. The molecule has 23 heavy (non-hydrogen) atoms. The van der Waals surface area contributed by atoms with Crippen LogP contribution < -0.4 is 0 Å². The van der Waals surface area contributed by atoms with Crippen molar-refractivity contribution in [3.8, 4) is 0 Å². The predicted octanol–water partition coefficient (Wildman–Crippen LogP) is 2.98. The third-order valence-electron chi connectivity index (χ3n) is 4.75. The van der Waals surface area contributed by atoms with Crippen molar-refractivity contribution in [1.29, 1.82) is 0 Å². The van der Waals surface area contributed by atoms with E-state index in [0.717, 1.165) is 18.4 Å². The van der Waals surface area contributed by atoms with E-state index in [0.29, 0.717) is 17.7 Å². The molecule has 0 aliphatic heterocycles. The summed E-state index contributed by atoms with van der Waals surface area (Å²) >= 11 is 0. The Labute approximate surface area is 140 Å². The van der Waals surface area contributed by atoms with E-state index in [-0.39, 0.29) is 6.61 Å². The third kappa shape index (κ3) is 3.83. The van der Waals surface area contributed by atoms with Crippen molar-refractivity contribution in [2.75, 3.05) is 6.61 Å². The molecule has 0 bridgehead atoms. The molecule has 128 valence electrons. The first kappa shape index (κ1) is 18.1. The highest BCUT2D eigenvalue weighted by molar-refractivity contribution is 7.85. The van der Waals surface area contributed by atoms with Crippen molar-refractivity contribution in [3.05, 3.63) is 29.8 Å². The molecule has 1 aliphatic carbocycles. The largest absolute Gasteiger partial charge is 0.466 e. The Balaban J connectivity index is 2.28. The van der Waals surface area contributed by atoms with Crippen LogP contribution >= 0.6 is 0 Å². The van der Waals surface area contributed by atoms with Crippen molar-refractivity contribution < 1.29 is 18.8 Å². The first-order chi connectivity index (χ1) is 10.9. The van der Waals surface area contributed by atoms with Crippen molar-refractivity contribution in [2.24, 2.45) is 5.92 Å². The standard InChI is InChI=1S/C18H26O4S/c1-4-22-17(19)14(3)18(20)12-6-5-7-16(18)23(21)15-10-8-13(2)9-11-15/h8-11,14,16,20H,4-7,12H2,1-3H3/t14-,16+,18+,23+/m1/s1. The maximum absolute atomic E-state index is 13.0. The zero-order chi connectivity index (χ0) is 17.0. The normalized spacial score (nSPS) is 27.2. The van der Waals surface area contributed by atoms with Crippen LogP contribution in [0.3, 0.4) is 0 Å². The van der Waals surface area contributed by atoms with Crippen LogP contribution in [0.4, 0.5) is 0 Å². The van der Waals surface area contributed by atoms with Crippen LogP contribution in [0.25, 0.3) is 0 Å². The monoisotopic (exact) mass is 338 g/mol. The van der Waals surface area contributed by atoms with Crippen molar-refractivity contribution in [1.82, 2.24) is 0 Å². The summed E-state index contributed by atoms with van der Waals surface area (Å²) in [4.78, 5) is 12.8. The van der Waals surface area contributed by atoms with Gasteiger partial charge in [-0.1, -0.05) is 30.5 Å². The van der Waals surface area contributed by atoms with Crippen LogP contribution in [-0.2, 0) is 20.3 Å². The molecule has 0 amide bonds. The van der Waals surface area contributed by atoms with Gasteiger partial charge in [0.25, 0.3) is 0 Å². The molecular formula is C18H26O4S. The molecule has 2 rings (SSSR count). The van der Waals surface area contributed by atoms with Gasteiger partial charge < -0.3 is 9.84 Å². The highest BCUT2D eigenvalue weighted by Gasteiger charge is 2.49. The van der Waals surface area contributed by atoms with Crippen molar-refractivity contribution in [2.45, 2.75) is 62.2 Å². The zero-order valence-corrected chi connectivity index (χ0v) is 14.9. The van der Waals surface area contributed by atoms with Crippen LogP contribution in [0, 0.1) is 12.8 Å². The number of carbonyl (C=O) groups excluding carboxylic acids is 1. The summed E-state index contributed by atoms with van der Waals surface area (Å²) in [5, 5.41) is 10.7. The van der Waals surface area contributed by atoms with Gasteiger partial charge in [-0.15, -0.1) is 0 Å². The number of rotatable bonds is 5. The molecule has 4 nitrogen and oxygen atoms in total. The highest BCUT2D eigenvalue weighted by Crippen LogP contribution is 2.39. The maximum atomic E-state index is 13.0. The minimum absolute atomic E-state index is 0.283. The van der Waals surface area contributed by atoms with Crippen LogP contribution in [0.15, 0.2) is 29.2 Å². The first-order valence-electron chi connectivity index (χ1n) is 8.26. The topological polar surface area (TPSA) is 63.6 Å². The summed E-state index contributed by atoms with van der Waals surface area (Å²) in [5.41, 5.74) is -0.176. The number of carbonyl (C=O) groups is 1. The Morgan fingerprint density at radius 3 is 2.65 bits per heavy atom. The fourth-order valence-electron chi connectivity index (χ4n) is 3.24. The molecule has 1 fully saturated rings. The number of aryl methyl sites for hydroxylation is 1. The number of ether oxygens (including phenoxy) is 1. The third-order valence-corrected chi connectivity index (χ3v) is 6.65. The van der Waals surface area contributed by atoms with Crippen LogP contribution in [0.1, 0.15) is 45.1 Å². The molecular weight excluding hydrogens is 312 g/mol. The minimum atomic E-state index is -1.35. The van der Waals surface area contributed by atoms with Gasteiger partial charge in [-0.3, -0.25) is 9.00 Å². The Morgan fingerprint density at radius 1 is 1.39 bits per heavy atom. The Kier molecular flexibility index (Phi) is 5.98. The van der Waals surface area contributed by atoms with E-state index in [1.54, 1.807) is 13.8 Å². The van der Waals surface area contributed by atoms with Gasteiger partial charge in [0.1, 0.15) is 0 Å². The van der Waals surface area contributed by atoms with Gasteiger partial charge >= 0.3 is 5.97 Å². The maximum Gasteiger partial charge on any atom is 0.311 e. The van der Waals surface area contributed by atoms with E-state index in [4.69, 9.17) is 4.74 Å². The summed E-state index contributed by atoms with van der Waals surface area (Å²) < 4.78 is 18.1. The van der Waals surface area contributed by atoms with Crippen LogP contribution in [-0.4, -0.2) is 32.7 Å². The Morgan fingerprint density at radius 2 is 2.04 bits per heavy atom. The van der Waals surface area contributed by atoms with E-state index in [9.17, 15) is 14.1 Å². The van der Waals surface area contributed by atoms with Crippen LogP contribution in [0.2, 0.25) is 0 Å². The van der Waals surface area contributed by atoms with Gasteiger partial charge in [-0.25, -0.2) is 0 Å². The zero-order valence-electron chi connectivity index (χ0n) is 14.1. The van der Waals surface area contributed by atoms with Gasteiger partial charge in [0.05, 0.1) is 34.2 Å². The van der Waals surface area contributed by atoms with Gasteiger partial charge in [0.15, 0.2) is 0 Å². The molecule has 0 heterocycles. The van der Waals surface area contributed by atoms with E-state index < -0.39 is 33.5 Å². The highest BCUT2D eigenvalue weighted by atomic mass is 32.2. The molecule has 0 aromatic heterocycles. The lowest BCUT2D eigenvalue weighted by molar-refractivity contribution is -0.159. The molecule has 0 spiro atoms. The number of benzene rings is 1.